The number of aliphatic hydroxyl groups excluding tert-OH is 6. The van der Waals surface area contributed by atoms with E-state index < -0.39 is 96.4 Å². The molecule has 1 aliphatic carbocycles. The molecule has 0 amide bonds. The first-order chi connectivity index (χ1) is 20.3. The highest BCUT2D eigenvalue weighted by molar-refractivity contribution is 5.77. The van der Waals surface area contributed by atoms with Crippen molar-refractivity contribution < 1.29 is 74.4 Å². The highest BCUT2D eigenvalue weighted by Crippen LogP contribution is 2.45. The molecule has 16 heteroatoms. The molecule has 0 unspecified atom stereocenters. The Balaban J connectivity index is 1.60. The SMILES string of the molecule is C[C@@H]1O[C@@H](O[C@H]2[C@H](Oc3cc4c(O)cc(=O)cc-4oc3-c3cc(O)c(O)c(O)c3)O[C@H](CO)[C@@H](O)[C@@H]2O)[C@H](O)[C@H](O)[C@H]1O. The van der Waals surface area contributed by atoms with E-state index in [1.165, 1.54) is 13.0 Å². The zero-order chi connectivity index (χ0) is 31.3. The van der Waals surface area contributed by atoms with Crippen molar-refractivity contribution in [3.05, 3.63) is 40.6 Å². The van der Waals surface area contributed by atoms with E-state index in [2.05, 4.69) is 0 Å². The lowest BCUT2D eigenvalue weighted by Gasteiger charge is -2.45. The van der Waals surface area contributed by atoms with Crippen LogP contribution in [0.1, 0.15) is 6.92 Å². The molecule has 16 nitrogen and oxygen atoms in total. The Hall–Kier alpha value is -3.71. The maximum absolute atomic E-state index is 12.0. The van der Waals surface area contributed by atoms with Gasteiger partial charge >= 0.3 is 0 Å². The Kier molecular flexibility index (Phi) is 8.41. The van der Waals surface area contributed by atoms with Crippen molar-refractivity contribution >= 4 is 0 Å². The summed E-state index contributed by atoms with van der Waals surface area (Å²) in [6, 6.07) is 5.09. The molecule has 5 rings (SSSR count). The molecule has 0 aromatic heterocycles. The summed E-state index contributed by atoms with van der Waals surface area (Å²) in [6.45, 7) is 0.594. The number of benzene rings is 2. The summed E-state index contributed by atoms with van der Waals surface area (Å²) in [7, 11) is 0. The van der Waals surface area contributed by atoms with Gasteiger partial charge in [0.2, 0.25) is 6.29 Å². The van der Waals surface area contributed by atoms with Crippen LogP contribution in [0.3, 0.4) is 0 Å². The van der Waals surface area contributed by atoms with Gasteiger partial charge in [-0.05, 0) is 25.1 Å². The van der Waals surface area contributed by atoms with Crippen molar-refractivity contribution in [2.75, 3.05) is 6.61 Å². The predicted octanol–water partition coefficient (Wildman–Crippen LogP) is -1.74. The highest BCUT2D eigenvalue weighted by atomic mass is 16.8. The number of rotatable bonds is 6. The van der Waals surface area contributed by atoms with Crippen LogP contribution in [0.2, 0.25) is 0 Å². The number of ether oxygens (including phenoxy) is 4. The van der Waals surface area contributed by atoms with Crippen molar-refractivity contribution in [2.24, 2.45) is 0 Å². The van der Waals surface area contributed by atoms with Gasteiger partial charge in [0, 0.05) is 17.7 Å². The first-order valence-corrected chi connectivity index (χ1v) is 13.0. The van der Waals surface area contributed by atoms with Crippen LogP contribution in [0.25, 0.3) is 22.6 Å². The van der Waals surface area contributed by atoms with Gasteiger partial charge in [-0.25, -0.2) is 0 Å². The second-order valence-electron chi connectivity index (χ2n) is 10.3. The van der Waals surface area contributed by atoms with E-state index in [4.69, 9.17) is 23.4 Å². The van der Waals surface area contributed by atoms with Gasteiger partial charge in [0.1, 0.15) is 48.1 Å². The van der Waals surface area contributed by atoms with Gasteiger partial charge in [0.25, 0.3) is 0 Å². The van der Waals surface area contributed by atoms with E-state index in [9.17, 15) is 55.9 Å². The van der Waals surface area contributed by atoms with E-state index in [0.717, 1.165) is 24.3 Å². The van der Waals surface area contributed by atoms with Crippen molar-refractivity contribution in [1.29, 1.82) is 0 Å². The second kappa shape index (κ2) is 11.8. The first-order valence-electron chi connectivity index (χ1n) is 13.0. The molecule has 10 N–H and O–H groups in total. The van der Waals surface area contributed by atoms with Crippen molar-refractivity contribution in [1.82, 2.24) is 0 Å². The third kappa shape index (κ3) is 5.67. The van der Waals surface area contributed by atoms with Gasteiger partial charge in [-0.15, -0.1) is 0 Å². The Morgan fingerprint density at radius 3 is 2.09 bits per heavy atom. The van der Waals surface area contributed by atoms with Gasteiger partial charge in [0.15, 0.2) is 46.6 Å². The largest absolute Gasteiger partial charge is 0.507 e. The zero-order valence-corrected chi connectivity index (χ0v) is 22.3. The number of hydrogen-bond acceptors (Lipinski definition) is 16. The molecule has 43 heavy (non-hydrogen) atoms. The molecule has 4 aliphatic rings. The van der Waals surface area contributed by atoms with Crippen LogP contribution in [0.4, 0.5) is 0 Å². The molecule has 0 saturated carbocycles. The van der Waals surface area contributed by atoms with Crippen LogP contribution in [-0.4, -0.2) is 119 Å². The van der Waals surface area contributed by atoms with E-state index in [1.54, 1.807) is 0 Å². The maximum atomic E-state index is 12.0. The van der Waals surface area contributed by atoms with Crippen LogP contribution in [-0.2, 0) is 14.2 Å². The summed E-state index contributed by atoms with van der Waals surface area (Å²) in [4.78, 5) is 12.0. The number of aromatic hydroxyl groups is 4. The monoisotopic (exact) mass is 610 g/mol. The zero-order valence-electron chi connectivity index (χ0n) is 22.3. The highest BCUT2D eigenvalue weighted by Gasteiger charge is 2.51. The molecule has 0 bridgehead atoms. The molecule has 10 atom stereocenters. The molecule has 3 aliphatic heterocycles. The van der Waals surface area contributed by atoms with E-state index >= 15 is 0 Å². The van der Waals surface area contributed by atoms with Crippen LogP contribution in [0.5, 0.6) is 28.7 Å². The summed E-state index contributed by atoms with van der Waals surface area (Å²) < 4.78 is 28.6. The number of phenolic OH excluding ortho intramolecular Hbond substituents is 4. The molecular formula is C27H30O16. The molecule has 2 fully saturated rings. The van der Waals surface area contributed by atoms with Crippen molar-refractivity contribution in [3.63, 3.8) is 0 Å². The maximum Gasteiger partial charge on any atom is 0.229 e. The third-order valence-electron chi connectivity index (χ3n) is 7.30. The van der Waals surface area contributed by atoms with E-state index in [0.29, 0.717) is 0 Å². The van der Waals surface area contributed by atoms with Crippen LogP contribution >= 0.6 is 0 Å². The van der Waals surface area contributed by atoms with Crippen LogP contribution in [0.15, 0.2) is 39.5 Å². The van der Waals surface area contributed by atoms with Gasteiger partial charge in [-0.2, -0.15) is 0 Å². The third-order valence-corrected chi connectivity index (χ3v) is 7.30. The Labute approximate surface area is 241 Å². The Bertz CT molecular complexity index is 1470. The lowest BCUT2D eigenvalue weighted by molar-refractivity contribution is -0.354. The standard InChI is InChI=1S/C27H30O16/c1-8-18(33)21(36)23(38)26(39-8)43-25-22(37)20(35)17(7-28)42-27(25)41-16-6-11-12(30)4-10(29)5-15(11)40-24(16)9-2-13(31)19(34)14(32)3-9/h2-6,8,17-18,20-23,25-28,30-38H,7H2,1H3/t8-,17+,18-,20+,21+,22-,23+,25+,26-,27+/m0/s1. The molecule has 1 aromatic carbocycles. The predicted molar refractivity (Wildman–Crippen MR) is 139 cm³/mol. The average Bonchev–Trinajstić information content (AvgIpc) is 2.96. The quantitative estimate of drug-likeness (QED) is 0.139. The molecule has 0 radical (unpaired) electrons. The molecule has 0 spiro atoms. The summed E-state index contributed by atoms with van der Waals surface area (Å²) in [5.74, 6) is -3.65. The summed E-state index contributed by atoms with van der Waals surface area (Å²) in [6.07, 6.45) is -16.2. The fraction of sp³-hybridized carbons (Fsp3) is 0.444. The minimum atomic E-state index is -1.86. The van der Waals surface area contributed by atoms with Crippen molar-refractivity contribution in [2.45, 2.75) is 68.3 Å². The van der Waals surface area contributed by atoms with Gasteiger partial charge in [-0.1, -0.05) is 0 Å². The second-order valence-corrected chi connectivity index (χ2v) is 10.3. The Morgan fingerprint density at radius 2 is 1.44 bits per heavy atom. The van der Waals surface area contributed by atoms with Gasteiger partial charge in [0.05, 0.1) is 18.3 Å². The molecule has 234 valence electrons. The molecule has 3 heterocycles. The number of fused-ring (bicyclic) bond motifs is 1. The lowest BCUT2D eigenvalue weighted by atomic mass is 9.97. The van der Waals surface area contributed by atoms with Gasteiger partial charge < -0.3 is 74.4 Å². The van der Waals surface area contributed by atoms with Crippen molar-refractivity contribution in [3.8, 4) is 51.4 Å². The molecule has 1 aromatic rings. The number of phenols is 4. The van der Waals surface area contributed by atoms with Crippen LogP contribution in [0, 0.1) is 0 Å². The summed E-state index contributed by atoms with van der Waals surface area (Å²) in [5.41, 5.74) is -0.774. The summed E-state index contributed by atoms with van der Waals surface area (Å²) in [5, 5.41) is 102. The lowest BCUT2D eigenvalue weighted by Crippen LogP contribution is -2.64. The normalized spacial score (nSPS) is 33.0. The van der Waals surface area contributed by atoms with Crippen LogP contribution < -0.4 is 10.2 Å². The first kappa shape index (κ1) is 30.7. The minimum absolute atomic E-state index is 0.0462. The van der Waals surface area contributed by atoms with E-state index in [-0.39, 0.29) is 28.4 Å². The van der Waals surface area contributed by atoms with Gasteiger partial charge in [-0.3, -0.25) is 4.79 Å². The fourth-order valence-electron chi connectivity index (χ4n) is 4.90. The Morgan fingerprint density at radius 1 is 0.767 bits per heavy atom. The number of hydrogen-bond donors (Lipinski definition) is 10. The van der Waals surface area contributed by atoms with E-state index in [1.807, 2.05) is 0 Å². The average molecular weight is 611 g/mol. The fourth-order valence-corrected chi connectivity index (χ4v) is 4.90. The summed E-state index contributed by atoms with van der Waals surface area (Å²) >= 11 is 0. The molecule has 2 saturated heterocycles. The topological polar surface area (TPSA) is 269 Å². The number of aliphatic hydroxyl groups is 6. The minimum Gasteiger partial charge on any atom is -0.507 e. The smallest absolute Gasteiger partial charge is 0.229 e. The molecular weight excluding hydrogens is 580 g/mol.